The average Bonchev–Trinajstić information content (AvgIpc) is 2.11. The molecule has 7 heteroatoms. The summed E-state index contributed by atoms with van der Waals surface area (Å²) < 4.78 is 38.4. The maximum atomic E-state index is 13.0. The number of aromatic carboxylic acids is 1. The average molecular weight is 245 g/mol. The van der Waals surface area contributed by atoms with Crippen LogP contribution in [0.1, 0.15) is 10.4 Å². The van der Waals surface area contributed by atoms with Crippen LogP contribution in [0.25, 0.3) is 0 Å². The lowest BCUT2D eigenvalue weighted by atomic mass is 10.2. The van der Waals surface area contributed by atoms with Gasteiger partial charge in [-0.15, -0.1) is 0 Å². The van der Waals surface area contributed by atoms with Gasteiger partial charge in [0.15, 0.2) is 17.5 Å². The molecule has 0 heterocycles. The molecule has 0 spiro atoms. The summed E-state index contributed by atoms with van der Waals surface area (Å²) in [4.78, 5) is 10.4. The zero-order chi connectivity index (χ0) is 11.0. The molecule has 0 radical (unpaired) electrons. The van der Waals surface area contributed by atoms with Crippen LogP contribution in [0.4, 0.5) is 13.2 Å². The highest BCUT2D eigenvalue weighted by Gasteiger charge is 2.26. The molecule has 1 aromatic carbocycles. The van der Waals surface area contributed by atoms with E-state index in [1.807, 2.05) is 0 Å². The lowest BCUT2D eigenvalue weighted by molar-refractivity contribution is 0.0691. The fourth-order valence-electron chi connectivity index (χ4n) is 0.793. The van der Waals surface area contributed by atoms with Crippen molar-refractivity contribution in [1.82, 2.24) is 0 Å². The number of carboxylic acids is 1. The topological polar surface area (TPSA) is 37.3 Å². The molecule has 0 aliphatic carbocycles. The van der Waals surface area contributed by atoms with Crippen LogP contribution < -0.4 is 0 Å². The number of carbonyl (C=O) groups is 1. The molecular formula is C7HCl2F3O2. The van der Waals surface area contributed by atoms with E-state index in [9.17, 15) is 18.0 Å². The van der Waals surface area contributed by atoms with Crippen LogP contribution in [-0.2, 0) is 0 Å². The second kappa shape index (κ2) is 3.67. The van der Waals surface area contributed by atoms with Gasteiger partial charge < -0.3 is 5.11 Å². The smallest absolute Gasteiger partial charge is 0.340 e. The summed E-state index contributed by atoms with van der Waals surface area (Å²) in [5.41, 5.74) is -1.18. The molecule has 0 saturated heterocycles. The van der Waals surface area contributed by atoms with Crippen molar-refractivity contribution in [1.29, 1.82) is 0 Å². The highest BCUT2D eigenvalue weighted by Crippen LogP contribution is 2.31. The van der Waals surface area contributed by atoms with Crippen molar-refractivity contribution in [2.45, 2.75) is 0 Å². The highest BCUT2D eigenvalue weighted by molar-refractivity contribution is 6.35. The van der Waals surface area contributed by atoms with Gasteiger partial charge in [-0.1, -0.05) is 23.2 Å². The molecule has 0 bridgehead atoms. The lowest BCUT2D eigenvalue weighted by Crippen LogP contribution is -2.06. The molecule has 2 nitrogen and oxygen atoms in total. The molecule has 1 rings (SSSR count). The number of rotatable bonds is 1. The predicted octanol–water partition coefficient (Wildman–Crippen LogP) is 3.11. The van der Waals surface area contributed by atoms with Crippen LogP contribution in [0.5, 0.6) is 0 Å². The van der Waals surface area contributed by atoms with Gasteiger partial charge in [-0.2, -0.15) is 0 Å². The Kier molecular flexibility index (Phi) is 2.92. The standard InChI is InChI=1S/C7HCl2F3O2/c8-2-1(7(13)14)4(10)3(9)6(12)5(2)11/h(H,13,14). The summed E-state index contributed by atoms with van der Waals surface area (Å²) in [6.45, 7) is 0. The van der Waals surface area contributed by atoms with Crippen LogP contribution in [0.2, 0.25) is 10.0 Å². The number of carboxylic acid groups (broad SMARTS) is 1. The highest BCUT2D eigenvalue weighted by atomic mass is 35.5. The van der Waals surface area contributed by atoms with E-state index in [1.165, 1.54) is 0 Å². The van der Waals surface area contributed by atoms with Crippen molar-refractivity contribution in [3.05, 3.63) is 33.1 Å². The predicted molar refractivity (Wildman–Crippen MR) is 43.3 cm³/mol. The van der Waals surface area contributed by atoms with Crippen molar-refractivity contribution >= 4 is 29.2 Å². The Labute approximate surface area is 85.9 Å². The first-order valence-electron chi connectivity index (χ1n) is 3.12. The maximum Gasteiger partial charge on any atom is 0.340 e. The van der Waals surface area contributed by atoms with Crippen molar-refractivity contribution in [2.75, 3.05) is 0 Å². The summed E-state index contributed by atoms with van der Waals surface area (Å²) in [6.07, 6.45) is 0. The van der Waals surface area contributed by atoms with Gasteiger partial charge >= 0.3 is 5.97 Å². The van der Waals surface area contributed by atoms with Gasteiger partial charge in [0, 0.05) is 0 Å². The summed E-state index contributed by atoms with van der Waals surface area (Å²) in [5.74, 6) is -6.81. The minimum atomic E-state index is -1.83. The molecular weight excluding hydrogens is 244 g/mol. The molecule has 0 aliphatic rings. The lowest BCUT2D eigenvalue weighted by Gasteiger charge is -2.05. The van der Waals surface area contributed by atoms with Crippen molar-refractivity contribution < 1.29 is 23.1 Å². The van der Waals surface area contributed by atoms with E-state index in [1.54, 1.807) is 0 Å². The monoisotopic (exact) mass is 244 g/mol. The fourth-order valence-corrected chi connectivity index (χ4v) is 1.22. The largest absolute Gasteiger partial charge is 0.478 e. The first-order chi connectivity index (χ1) is 6.37. The summed E-state index contributed by atoms with van der Waals surface area (Å²) >= 11 is 10.1. The van der Waals surface area contributed by atoms with E-state index in [4.69, 9.17) is 28.3 Å². The van der Waals surface area contributed by atoms with E-state index in [2.05, 4.69) is 0 Å². The minimum Gasteiger partial charge on any atom is -0.478 e. The molecule has 1 aromatic rings. The van der Waals surface area contributed by atoms with Gasteiger partial charge in [-0.25, -0.2) is 18.0 Å². The van der Waals surface area contributed by atoms with Crippen molar-refractivity contribution in [3.63, 3.8) is 0 Å². The summed E-state index contributed by atoms with van der Waals surface area (Å²) in [5, 5.41) is 6.04. The molecule has 0 aromatic heterocycles. The van der Waals surface area contributed by atoms with E-state index < -0.39 is 39.0 Å². The first kappa shape index (κ1) is 11.1. The Bertz CT molecular complexity index is 391. The maximum absolute atomic E-state index is 13.0. The Morgan fingerprint density at radius 3 is 1.86 bits per heavy atom. The van der Waals surface area contributed by atoms with Crippen molar-refractivity contribution in [3.8, 4) is 0 Å². The summed E-state index contributed by atoms with van der Waals surface area (Å²) in [7, 11) is 0. The van der Waals surface area contributed by atoms with Gasteiger partial charge in [-0.3, -0.25) is 0 Å². The van der Waals surface area contributed by atoms with E-state index in [0.717, 1.165) is 0 Å². The molecule has 0 saturated carbocycles. The Balaban J connectivity index is 3.68. The third kappa shape index (κ3) is 1.53. The normalized spacial score (nSPS) is 10.4. The summed E-state index contributed by atoms with van der Waals surface area (Å²) in [6, 6.07) is 0. The zero-order valence-electron chi connectivity index (χ0n) is 6.25. The van der Waals surface area contributed by atoms with E-state index in [0.29, 0.717) is 0 Å². The Morgan fingerprint density at radius 1 is 1.00 bits per heavy atom. The van der Waals surface area contributed by atoms with Crippen LogP contribution in [0.3, 0.4) is 0 Å². The zero-order valence-corrected chi connectivity index (χ0v) is 7.76. The number of hydrogen-bond donors (Lipinski definition) is 1. The Hall–Kier alpha value is -0.940. The van der Waals surface area contributed by atoms with Crippen LogP contribution >= 0.6 is 23.2 Å². The molecule has 14 heavy (non-hydrogen) atoms. The molecule has 0 aliphatic heterocycles. The van der Waals surface area contributed by atoms with Crippen molar-refractivity contribution in [2.24, 2.45) is 0 Å². The SMILES string of the molecule is O=C(O)c1c(F)c(Cl)c(F)c(F)c1Cl. The van der Waals surface area contributed by atoms with Gasteiger partial charge in [0.1, 0.15) is 10.6 Å². The van der Waals surface area contributed by atoms with Gasteiger partial charge in [0.05, 0.1) is 5.02 Å². The minimum absolute atomic E-state index is 1.14. The fraction of sp³-hybridized carbons (Fsp3) is 0. The third-order valence-electron chi connectivity index (χ3n) is 1.42. The molecule has 76 valence electrons. The number of hydrogen-bond acceptors (Lipinski definition) is 1. The number of halogens is 5. The molecule has 0 amide bonds. The van der Waals surface area contributed by atoms with Crippen LogP contribution in [0.15, 0.2) is 0 Å². The second-order valence-electron chi connectivity index (χ2n) is 2.25. The number of benzene rings is 1. The van der Waals surface area contributed by atoms with Crippen LogP contribution in [0, 0.1) is 17.5 Å². The molecule has 0 fully saturated rings. The van der Waals surface area contributed by atoms with Gasteiger partial charge in [-0.05, 0) is 0 Å². The van der Waals surface area contributed by atoms with Crippen LogP contribution in [-0.4, -0.2) is 11.1 Å². The van der Waals surface area contributed by atoms with Gasteiger partial charge in [0.2, 0.25) is 0 Å². The Morgan fingerprint density at radius 2 is 1.43 bits per heavy atom. The molecule has 0 unspecified atom stereocenters. The second-order valence-corrected chi connectivity index (χ2v) is 3.01. The molecule has 0 atom stereocenters. The quantitative estimate of drug-likeness (QED) is 0.609. The van der Waals surface area contributed by atoms with E-state index >= 15 is 0 Å². The third-order valence-corrected chi connectivity index (χ3v) is 2.11. The molecule has 1 N–H and O–H groups in total. The first-order valence-corrected chi connectivity index (χ1v) is 3.88. The van der Waals surface area contributed by atoms with E-state index in [-0.39, 0.29) is 0 Å². The van der Waals surface area contributed by atoms with Gasteiger partial charge in [0.25, 0.3) is 0 Å².